The summed E-state index contributed by atoms with van der Waals surface area (Å²) in [5.41, 5.74) is 0. The van der Waals surface area contributed by atoms with Gasteiger partial charge in [0.05, 0.1) is 0 Å². The smallest absolute Gasteiger partial charge is 0.140 e. The van der Waals surface area contributed by atoms with Gasteiger partial charge < -0.3 is 0 Å². The highest BCUT2D eigenvalue weighted by Crippen LogP contribution is 2.35. The molecule has 60 valence electrons. The molecular weight excluding hydrogens is 136 g/mol. The molecule has 0 heterocycles. The zero-order valence-corrected chi connectivity index (χ0v) is 6.92. The van der Waals surface area contributed by atoms with Gasteiger partial charge in [-0.25, -0.2) is 0 Å². The lowest BCUT2D eigenvalue weighted by Gasteiger charge is -2.18. The van der Waals surface area contributed by atoms with Crippen molar-refractivity contribution in [2.75, 3.05) is 0 Å². The molecule has 0 N–H and O–H groups in total. The lowest BCUT2D eigenvalue weighted by molar-refractivity contribution is -0.121. The number of carbonyl (C=O) groups excluding carboxylic acids is 1. The molecule has 3 aliphatic rings. The average molecular weight is 150 g/mol. The predicted molar refractivity (Wildman–Crippen MR) is 44.1 cm³/mol. The van der Waals surface area contributed by atoms with Crippen LogP contribution in [0.25, 0.3) is 0 Å². The van der Waals surface area contributed by atoms with Crippen LogP contribution < -0.4 is 0 Å². The molecule has 1 fully saturated rings. The molecule has 0 aliphatic heterocycles. The van der Waals surface area contributed by atoms with Gasteiger partial charge in [0.25, 0.3) is 0 Å². The van der Waals surface area contributed by atoms with Gasteiger partial charge in [0.1, 0.15) is 5.78 Å². The van der Waals surface area contributed by atoms with Gasteiger partial charge in [0.15, 0.2) is 0 Å². The molecule has 1 heteroatoms. The van der Waals surface area contributed by atoms with Gasteiger partial charge in [-0.2, -0.15) is 0 Å². The van der Waals surface area contributed by atoms with Gasteiger partial charge in [0.2, 0.25) is 0 Å². The van der Waals surface area contributed by atoms with E-state index in [1.54, 1.807) is 0 Å². The average Bonchev–Trinajstić information content (AvgIpc) is 2.22. The van der Waals surface area contributed by atoms with Crippen LogP contribution in [0.2, 0.25) is 0 Å². The van der Waals surface area contributed by atoms with Crippen LogP contribution in [-0.2, 0) is 4.79 Å². The normalized spacial score (nSPS) is 42.6. The molecular formula is C10H14O. The van der Waals surface area contributed by atoms with E-state index in [4.69, 9.17) is 0 Å². The van der Waals surface area contributed by atoms with E-state index in [0.29, 0.717) is 17.6 Å². The number of allylic oxidation sites excluding steroid dienone is 2. The third-order valence-corrected chi connectivity index (χ3v) is 3.07. The molecule has 0 aromatic heterocycles. The summed E-state index contributed by atoms with van der Waals surface area (Å²) in [5.74, 6) is 2.02. The van der Waals surface area contributed by atoms with Gasteiger partial charge >= 0.3 is 0 Å². The number of fused-ring (bicyclic) bond motifs is 3. The van der Waals surface area contributed by atoms with E-state index in [9.17, 15) is 4.79 Å². The third-order valence-electron chi connectivity index (χ3n) is 3.07. The predicted octanol–water partition coefficient (Wildman–Crippen LogP) is 2.18. The summed E-state index contributed by atoms with van der Waals surface area (Å²) in [6.07, 6.45) is 7.52. The quantitative estimate of drug-likeness (QED) is 0.484. The van der Waals surface area contributed by atoms with Crippen molar-refractivity contribution in [1.29, 1.82) is 0 Å². The van der Waals surface area contributed by atoms with Crippen LogP contribution in [0.1, 0.15) is 26.2 Å². The monoisotopic (exact) mass is 150 g/mol. The van der Waals surface area contributed by atoms with Crippen LogP contribution in [0.15, 0.2) is 12.2 Å². The van der Waals surface area contributed by atoms with E-state index in [1.807, 2.05) is 0 Å². The van der Waals surface area contributed by atoms with Crippen molar-refractivity contribution >= 4 is 5.78 Å². The number of carbonyl (C=O) groups is 1. The first kappa shape index (κ1) is 7.08. The molecule has 0 aromatic rings. The number of rotatable bonds is 0. The second-order valence-electron chi connectivity index (χ2n) is 3.88. The lowest BCUT2D eigenvalue weighted by atomic mass is 9.87. The fraction of sp³-hybridized carbons (Fsp3) is 0.700. The van der Waals surface area contributed by atoms with Crippen LogP contribution in [0, 0.1) is 17.8 Å². The van der Waals surface area contributed by atoms with Gasteiger partial charge in [-0.1, -0.05) is 19.1 Å². The van der Waals surface area contributed by atoms with Crippen molar-refractivity contribution in [2.24, 2.45) is 17.8 Å². The Morgan fingerprint density at radius 1 is 1.36 bits per heavy atom. The number of Topliss-reactive ketones (excluding diaryl/α,β-unsaturated/α-hetero) is 1. The Labute approximate surface area is 67.5 Å². The first-order valence-electron chi connectivity index (χ1n) is 4.48. The van der Waals surface area contributed by atoms with E-state index >= 15 is 0 Å². The van der Waals surface area contributed by atoms with Crippen molar-refractivity contribution in [1.82, 2.24) is 0 Å². The van der Waals surface area contributed by atoms with Gasteiger partial charge in [-0.3, -0.25) is 4.79 Å². The molecule has 3 atom stereocenters. The molecule has 1 saturated carbocycles. The highest BCUT2D eigenvalue weighted by molar-refractivity contribution is 5.83. The zero-order chi connectivity index (χ0) is 7.84. The summed E-state index contributed by atoms with van der Waals surface area (Å²) >= 11 is 0. The van der Waals surface area contributed by atoms with E-state index in [1.165, 1.54) is 6.42 Å². The minimum Gasteiger partial charge on any atom is -0.299 e. The summed E-state index contributed by atoms with van der Waals surface area (Å²) in [4.78, 5) is 11.4. The molecule has 0 radical (unpaired) electrons. The molecule has 3 aliphatic carbocycles. The first-order chi connectivity index (χ1) is 5.27. The minimum absolute atomic E-state index is 0.274. The number of ketones is 1. The molecule has 0 amide bonds. The minimum atomic E-state index is 0.274. The van der Waals surface area contributed by atoms with E-state index in [2.05, 4.69) is 19.1 Å². The maximum atomic E-state index is 11.4. The topological polar surface area (TPSA) is 17.1 Å². The molecule has 2 bridgehead atoms. The summed E-state index contributed by atoms with van der Waals surface area (Å²) in [5, 5.41) is 0. The highest BCUT2D eigenvalue weighted by atomic mass is 16.1. The Kier molecular flexibility index (Phi) is 1.59. The Balaban J connectivity index is 2.28. The number of hydrogen-bond donors (Lipinski definition) is 0. The fourth-order valence-electron chi connectivity index (χ4n) is 2.20. The number of hydrogen-bond acceptors (Lipinski definition) is 1. The Morgan fingerprint density at radius 2 is 2.18 bits per heavy atom. The van der Waals surface area contributed by atoms with E-state index in [0.717, 1.165) is 12.8 Å². The third kappa shape index (κ3) is 1.13. The molecule has 1 nitrogen and oxygen atoms in total. The van der Waals surface area contributed by atoms with Crippen molar-refractivity contribution in [3.63, 3.8) is 0 Å². The second kappa shape index (κ2) is 2.47. The summed E-state index contributed by atoms with van der Waals surface area (Å²) in [6.45, 7) is 2.20. The van der Waals surface area contributed by atoms with E-state index in [-0.39, 0.29) is 5.92 Å². The molecule has 3 rings (SSSR count). The molecule has 0 saturated heterocycles. The van der Waals surface area contributed by atoms with Crippen LogP contribution in [0.3, 0.4) is 0 Å². The zero-order valence-electron chi connectivity index (χ0n) is 6.92. The standard InChI is InChI=1S/C10H14O/c1-7-6-10(11)9-4-2-8(7)3-5-9/h2,4,7-9H,3,5-6H2,1H3. The van der Waals surface area contributed by atoms with Crippen molar-refractivity contribution in [3.05, 3.63) is 12.2 Å². The fourth-order valence-corrected chi connectivity index (χ4v) is 2.20. The molecule has 0 aromatic carbocycles. The second-order valence-corrected chi connectivity index (χ2v) is 3.88. The SMILES string of the molecule is CC1CC(=O)C2C=CC1CC2. The summed E-state index contributed by atoms with van der Waals surface area (Å²) < 4.78 is 0. The van der Waals surface area contributed by atoms with Crippen LogP contribution in [0.5, 0.6) is 0 Å². The largest absolute Gasteiger partial charge is 0.299 e. The Morgan fingerprint density at radius 3 is 2.82 bits per heavy atom. The Hall–Kier alpha value is -0.590. The van der Waals surface area contributed by atoms with Gasteiger partial charge in [0, 0.05) is 12.3 Å². The van der Waals surface area contributed by atoms with Crippen molar-refractivity contribution in [2.45, 2.75) is 26.2 Å². The maximum Gasteiger partial charge on any atom is 0.140 e. The van der Waals surface area contributed by atoms with Crippen LogP contribution in [0.4, 0.5) is 0 Å². The molecule has 3 unspecified atom stereocenters. The lowest BCUT2D eigenvalue weighted by Crippen LogP contribution is -2.10. The Bertz CT molecular complexity index is 205. The van der Waals surface area contributed by atoms with Gasteiger partial charge in [-0.05, 0) is 24.7 Å². The summed E-state index contributed by atoms with van der Waals surface area (Å²) in [7, 11) is 0. The molecule has 0 spiro atoms. The summed E-state index contributed by atoms with van der Waals surface area (Å²) in [6, 6.07) is 0. The van der Waals surface area contributed by atoms with Gasteiger partial charge in [-0.15, -0.1) is 0 Å². The van der Waals surface area contributed by atoms with E-state index < -0.39 is 0 Å². The van der Waals surface area contributed by atoms with Crippen LogP contribution in [-0.4, -0.2) is 5.78 Å². The van der Waals surface area contributed by atoms with Crippen molar-refractivity contribution < 1.29 is 4.79 Å². The first-order valence-corrected chi connectivity index (χ1v) is 4.48. The van der Waals surface area contributed by atoms with Crippen LogP contribution >= 0.6 is 0 Å². The van der Waals surface area contributed by atoms with Crippen molar-refractivity contribution in [3.8, 4) is 0 Å². The molecule has 11 heavy (non-hydrogen) atoms. The highest BCUT2D eigenvalue weighted by Gasteiger charge is 2.30. The maximum absolute atomic E-state index is 11.4.